The van der Waals surface area contributed by atoms with Crippen LogP contribution < -0.4 is 17.0 Å². The van der Waals surface area contributed by atoms with Crippen LogP contribution in [0.2, 0.25) is 0 Å². The Balaban J connectivity index is 1.92. The number of benzene rings is 2. The molecule has 9 heteroatoms. The van der Waals surface area contributed by atoms with E-state index in [1.165, 1.54) is 9.13 Å². The minimum absolute atomic E-state index is 0.0281. The first-order chi connectivity index (χ1) is 14.9. The van der Waals surface area contributed by atoms with E-state index in [9.17, 15) is 19.8 Å². The quantitative estimate of drug-likeness (QED) is 0.431. The number of imidazole rings is 1. The van der Waals surface area contributed by atoms with Gasteiger partial charge in [-0.25, -0.2) is 9.78 Å². The summed E-state index contributed by atoms with van der Waals surface area (Å²) >= 11 is 0. The highest BCUT2D eigenvalue weighted by Gasteiger charge is 2.21. The summed E-state index contributed by atoms with van der Waals surface area (Å²) in [6.45, 7) is 2.17. The Morgan fingerprint density at radius 3 is 2.00 bits per heavy atom. The fraction of sp³-hybridized carbons (Fsp3) is 0.227. The van der Waals surface area contributed by atoms with Gasteiger partial charge in [0.05, 0.1) is 13.2 Å². The molecule has 0 unspecified atom stereocenters. The van der Waals surface area contributed by atoms with Crippen LogP contribution in [-0.2, 0) is 26.2 Å². The van der Waals surface area contributed by atoms with Crippen LogP contribution in [0.15, 0.2) is 58.1 Å². The fourth-order valence-electron chi connectivity index (χ4n) is 3.67. The molecule has 0 saturated heterocycles. The molecule has 0 amide bonds. The second-order valence-corrected chi connectivity index (χ2v) is 7.24. The molecular formula is C22H23N5O4. The Labute approximate surface area is 177 Å². The highest BCUT2D eigenvalue weighted by molar-refractivity contribution is 5.71. The number of fused-ring (bicyclic) bond motifs is 1. The van der Waals surface area contributed by atoms with Gasteiger partial charge in [0.2, 0.25) is 0 Å². The van der Waals surface area contributed by atoms with Crippen molar-refractivity contribution in [3.05, 3.63) is 86.3 Å². The van der Waals surface area contributed by atoms with Gasteiger partial charge in [0, 0.05) is 13.0 Å². The maximum atomic E-state index is 13.1. The highest BCUT2D eigenvalue weighted by atomic mass is 16.3. The summed E-state index contributed by atoms with van der Waals surface area (Å²) in [4.78, 5) is 30.8. The van der Waals surface area contributed by atoms with E-state index in [0.29, 0.717) is 12.2 Å². The SMILES string of the molecule is CCn1c(=O)c2c(nc(Cc3ccc(O)cc3)n2CN)n(Cc2ccc(O)cc2)c1=O. The molecule has 2 aromatic carbocycles. The minimum atomic E-state index is -0.453. The number of hydrogen-bond donors (Lipinski definition) is 3. The summed E-state index contributed by atoms with van der Waals surface area (Å²) in [5.74, 6) is 0.834. The largest absolute Gasteiger partial charge is 0.508 e. The summed E-state index contributed by atoms with van der Waals surface area (Å²) in [5, 5.41) is 19.1. The molecule has 4 aromatic rings. The lowest BCUT2D eigenvalue weighted by molar-refractivity contribution is 0.474. The number of rotatable bonds is 6. The third-order valence-corrected chi connectivity index (χ3v) is 5.27. The first kappa shape index (κ1) is 20.4. The third kappa shape index (κ3) is 3.71. The molecular weight excluding hydrogens is 398 g/mol. The molecule has 2 heterocycles. The molecule has 31 heavy (non-hydrogen) atoms. The zero-order chi connectivity index (χ0) is 22.1. The lowest BCUT2D eigenvalue weighted by Gasteiger charge is -2.11. The van der Waals surface area contributed by atoms with Crippen LogP contribution in [0.1, 0.15) is 23.9 Å². The molecule has 0 atom stereocenters. The van der Waals surface area contributed by atoms with E-state index in [-0.39, 0.29) is 42.4 Å². The van der Waals surface area contributed by atoms with Gasteiger partial charge in [-0.15, -0.1) is 0 Å². The number of aromatic nitrogens is 4. The van der Waals surface area contributed by atoms with Crippen molar-refractivity contribution in [1.82, 2.24) is 18.7 Å². The van der Waals surface area contributed by atoms with Gasteiger partial charge in [-0.2, -0.15) is 0 Å². The van der Waals surface area contributed by atoms with E-state index in [1.54, 1.807) is 60.0 Å². The van der Waals surface area contributed by atoms with Gasteiger partial charge in [-0.1, -0.05) is 24.3 Å². The summed E-state index contributed by atoms with van der Waals surface area (Å²) in [6, 6.07) is 13.2. The maximum absolute atomic E-state index is 13.1. The lowest BCUT2D eigenvalue weighted by atomic mass is 10.1. The van der Waals surface area contributed by atoms with Crippen molar-refractivity contribution in [2.24, 2.45) is 5.73 Å². The monoisotopic (exact) mass is 421 g/mol. The van der Waals surface area contributed by atoms with Crippen molar-refractivity contribution < 1.29 is 10.2 Å². The summed E-state index contributed by atoms with van der Waals surface area (Å²) < 4.78 is 4.25. The van der Waals surface area contributed by atoms with Crippen LogP contribution >= 0.6 is 0 Å². The molecule has 0 radical (unpaired) electrons. The van der Waals surface area contributed by atoms with Crippen molar-refractivity contribution >= 4 is 11.2 Å². The summed E-state index contributed by atoms with van der Waals surface area (Å²) in [5.41, 5.74) is 7.30. The second kappa shape index (κ2) is 8.11. The van der Waals surface area contributed by atoms with Crippen LogP contribution in [0, 0.1) is 0 Å². The fourth-order valence-corrected chi connectivity index (χ4v) is 3.67. The van der Waals surface area contributed by atoms with Crippen LogP contribution in [0.4, 0.5) is 0 Å². The van der Waals surface area contributed by atoms with Crippen LogP contribution in [0.5, 0.6) is 11.5 Å². The molecule has 0 saturated carbocycles. The number of phenols is 2. The predicted octanol–water partition coefficient (Wildman–Crippen LogP) is 1.35. The second-order valence-electron chi connectivity index (χ2n) is 7.24. The normalized spacial score (nSPS) is 11.3. The van der Waals surface area contributed by atoms with Gasteiger partial charge >= 0.3 is 5.69 Å². The molecule has 9 nitrogen and oxygen atoms in total. The Bertz CT molecular complexity index is 1350. The van der Waals surface area contributed by atoms with Gasteiger partial charge < -0.3 is 20.5 Å². The number of nitrogens with two attached hydrogens (primary N) is 1. The van der Waals surface area contributed by atoms with E-state index in [1.807, 2.05) is 0 Å². The average molecular weight is 421 g/mol. The number of nitrogens with zero attached hydrogens (tertiary/aromatic N) is 4. The first-order valence-corrected chi connectivity index (χ1v) is 9.91. The van der Waals surface area contributed by atoms with Gasteiger partial charge in [-0.3, -0.25) is 13.9 Å². The van der Waals surface area contributed by atoms with Crippen molar-refractivity contribution in [3.63, 3.8) is 0 Å². The van der Waals surface area contributed by atoms with Crippen molar-refractivity contribution in [3.8, 4) is 11.5 Å². The number of phenolic OH excluding ortho intramolecular Hbond substituents is 2. The Morgan fingerprint density at radius 2 is 1.45 bits per heavy atom. The average Bonchev–Trinajstić information content (AvgIpc) is 3.12. The van der Waals surface area contributed by atoms with Gasteiger partial charge in [0.1, 0.15) is 17.3 Å². The molecule has 0 fully saturated rings. The number of hydrogen-bond acceptors (Lipinski definition) is 6. The number of aromatic hydroxyl groups is 2. The van der Waals surface area contributed by atoms with E-state index < -0.39 is 11.2 Å². The van der Waals surface area contributed by atoms with Gasteiger partial charge in [0.15, 0.2) is 11.2 Å². The van der Waals surface area contributed by atoms with Crippen molar-refractivity contribution in [2.45, 2.75) is 33.1 Å². The van der Waals surface area contributed by atoms with Crippen molar-refractivity contribution in [1.29, 1.82) is 0 Å². The van der Waals surface area contributed by atoms with Gasteiger partial charge in [0.25, 0.3) is 5.56 Å². The molecule has 0 bridgehead atoms. The Kier molecular flexibility index (Phi) is 5.35. The smallest absolute Gasteiger partial charge is 0.333 e. The van der Waals surface area contributed by atoms with E-state index >= 15 is 0 Å². The zero-order valence-corrected chi connectivity index (χ0v) is 17.0. The molecule has 4 N–H and O–H groups in total. The molecule has 0 aliphatic carbocycles. The van der Waals surface area contributed by atoms with E-state index in [4.69, 9.17) is 5.73 Å². The van der Waals surface area contributed by atoms with E-state index in [2.05, 4.69) is 4.98 Å². The summed E-state index contributed by atoms with van der Waals surface area (Å²) in [7, 11) is 0. The molecule has 4 rings (SSSR count). The van der Waals surface area contributed by atoms with Crippen LogP contribution in [-0.4, -0.2) is 28.9 Å². The molecule has 0 aliphatic heterocycles. The zero-order valence-electron chi connectivity index (χ0n) is 17.0. The Morgan fingerprint density at radius 1 is 0.871 bits per heavy atom. The predicted molar refractivity (Wildman–Crippen MR) is 116 cm³/mol. The molecule has 0 spiro atoms. The first-order valence-electron chi connectivity index (χ1n) is 9.91. The van der Waals surface area contributed by atoms with Crippen LogP contribution in [0.3, 0.4) is 0 Å². The van der Waals surface area contributed by atoms with Crippen molar-refractivity contribution in [2.75, 3.05) is 0 Å². The lowest BCUT2D eigenvalue weighted by Crippen LogP contribution is -2.40. The van der Waals surface area contributed by atoms with E-state index in [0.717, 1.165) is 11.1 Å². The van der Waals surface area contributed by atoms with Gasteiger partial charge in [-0.05, 0) is 42.3 Å². The third-order valence-electron chi connectivity index (χ3n) is 5.27. The molecule has 160 valence electrons. The maximum Gasteiger partial charge on any atom is 0.333 e. The molecule has 2 aromatic heterocycles. The standard InChI is InChI=1S/C22H23N5O4/c1-2-25-21(30)19-20(26(22(25)31)12-15-5-9-17(29)10-6-15)24-18(27(19)13-23)11-14-3-7-16(28)8-4-14/h3-10,28-29H,2,11-13,23H2,1H3. The Hall–Kier alpha value is -3.85. The van der Waals surface area contributed by atoms with Crippen LogP contribution in [0.25, 0.3) is 11.2 Å². The molecule has 0 aliphatic rings. The summed E-state index contributed by atoms with van der Waals surface area (Å²) in [6.07, 6.45) is 0.380. The minimum Gasteiger partial charge on any atom is -0.508 e. The topological polar surface area (TPSA) is 128 Å². The highest BCUT2D eigenvalue weighted by Crippen LogP contribution is 2.18.